The molecule has 2 heterocycles. The lowest BCUT2D eigenvalue weighted by Crippen LogP contribution is -1.98. The van der Waals surface area contributed by atoms with Crippen LogP contribution in [-0.2, 0) is 0 Å². The standard InChI is InChI=1S/C16H15N3/c1-11-15(12-7-9-18-10-8-12)13-5-3-4-6-14(13)16(17-2)19-11/h3-10H,1-2H3,(H,17,19). The minimum Gasteiger partial charge on any atom is -0.373 e. The lowest BCUT2D eigenvalue weighted by Gasteiger charge is -2.13. The van der Waals surface area contributed by atoms with E-state index in [0.29, 0.717) is 0 Å². The lowest BCUT2D eigenvalue weighted by atomic mass is 9.98. The summed E-state index contributed by atoms with van der Waals surface area (Å²) in [5.41, 5.74) is 3.35. The summed E-state index contributed by atoms with van der Waals surface area (Å²) in [6.45, 7) is 2.04. The normalized spacial score (nSPS) is 10.6. The van der Waals surface area contributed by atoms with Crippen LogP contribution in [0.3, 0.4) is 0 Å². The van der Waals surface area contributed by atoms with Gasteiger partial charge >= 0.3 is 0 Å². The largest absolute Gasteiger partial charge is 0.373 e. The van der Waals surface area contributed by atoms with Gasteiger partial charge in [0.1, 0.15) is 5.82 Å². The lowest BCUT2D eigenvalue weighted by molar-refractivity contribution is 1.21. The van der Waals surface area contributed by atoms with Crippen molar-refractivity contribution in [2.45, 2.75) is 6.92 Å². The van der Waals surface area contributed by atoms with Crippen molar-refractivity contribution in [1.82, 2.24) is 9.97 Å². The van der Waals surface area contributed by atoms with Crippen LogP contribution in [0.15, 0.2) is 48.8 Å². The molecule has 0 saturated carbocycles. The zero-order valence-corrected chi connectivity index (χ0v) is 11.0. The molecule has 0 saturated heterocycles. The van der Waals surface area contributed by atoms with Crippen LogP contribution in [0.1, 0.15) is 5.69 Å². The van der Waals surface area contributed by atoms with Gasteiger partial charge in [-0.15, -0.1) is 0 Å². The molecule has 0 aliphatic rings. The zero-order valence-electron chi connectivity index (χ0n) is 11.0. The van der Waals surface area contributed by atoms with E-state index in [9.17, 15) is 0 Å². The van der Waals surface area contributed by atoms with E-state index in [4.69, 9.17) is 0 Å². The number of nitrogens with one attached hydrogen (secondary N) is 1. The number of hydrogen-bond acceptors (Lipinski definition) is 3. The molecule has 19 heavy (non-hydrogen) atoms. The van der Waals surface area contributed by atoms with Crippen LogP contribution in [0.5, 0.6) is 0 Å². The van der Waals surface area contributed by atoms with Gasteiger partial charge in [0.05, 0.1) is 0 Å². The highest BCUT2D eigenvalue weighted by Crippen LogP contribution is 2.33. The van der Waals surface area contributed by atoms with Crippen molar-refractivity contribution < 1.29 is 0 Å². The first kappa shape index (κ1) is 11.7. The van der Waals surface area contributed by atoms with E-state index in [2.05, 4.69) is 33.5 Å². The first-order valence-electron chi connectivity index (χ1n) is 6.28. The molecule has 0 unspecified atom stereocenters. The maximum absolute atomic E-state index is 4.66. The van der Waals surface area contributed by atoms with E-state index in [1.54, 1.807) is 0 Å². The average molecular weight is 249 g/mol. The van der Waals surface area contributed by atoms with Gasteiger partial charge in [-0.3, -0.25) is 4.98 Å². The molecule has 1 aromatic carbocycles. The molecule has 3 aromatic rings. The molecular weight excluding hydrogens is 234 g/mol. The molecular formula is C16H15N3. The summed E-state index contributed by atoms with van der Waals surface area (Å²) in [5, 5.41) is 5.52. The molecule has 3 nitrogen and oxygen atoms in total. The van der Waals surface area contributed by atoms with E-state index in [1.807, 2.05) is 44.6 Å². The molecule has 0 bridgehead atoms. The molecule has 3 rings (SSSR count). The van der Waals surface area contributed by atoms with E-state index < -0.39 is 0 Å². The van der Waals surface area contributed by atoms with Crippen molar-refractivity contribution in [2.24, 2.45) is 0 Å². The van der Waals surface area contributed by atoms with Gasteiger partial charge in [-0.05, 0) is 30.0 Å². The maximum atomic E-state index is 4.66. The highest BCUT2D eigenvalue weighted by molar-refractivity contribution is 6.02. The van der Waals surface area contributed by atoms with Gasteiger partial charge in [0.2, 0.25) is 0 Å². The van der Waals surface area contributed by atoms with Crippen molar-refractivity contribution >= 4 is 16.6 Å². The Kier molecular flexibility index (Phi) is 2.88. The average Bonchev–Trinajstić information content (AvgIpc) is 2.47. The molecule has 0 amide bonds. The minimum absolute atomic E-state index is 0.922. The fourth-order valence-corrected chi connectivity index (χ4v) is 2.46. The number of aromatic nitrogens is 2. The Balaban J connectivity index is 2.40. The number of nitrogens with zero attached hydrogens (tertiary/aromatic N) is 2. The fraction of sp³-hybridized carbons (Fsp3) is 0.125. The molecule has 0 radical (unpaired) electrons. The van der Waals surface area contributed by atoms with Gasteiger partial charge in [-0.1, -0.05) is 24.3 Å². The van der Waals surface area contributed by atoms with Gasteiger partial charge in [0, 0.05) is 36.1 Å². The molecule has 1 N–H and O–H groups in total. The highest BCUT2D eigenvalue weighted by Gasteiger charge is 2.11. The van der Waals surface area contributed by atoms with Gasteiger partial charge in [-0.25, -0.2) is 4.98 Å². The predicted octanol–water partition coefficient (Wildman–Crippen LogP) is 3.65. The third-order valence-electron chi connectivity index (χ3n) is 3.30. The summed E-state index contributed by atoms with van der Waals surface area (Å²) >= 11 is 0. The van der Waals surface area contributed by atoms with Crippen LogP contribution in [0.2, 0.25) is 0 Å². The number of rotatable bonds is 2. The monoisotopic (exact) mass is 249 g/mol. The Morgan fingerprint density at radius 3 is 2.32 bits per heavy atom. The highest BCUT2D eigenvalue weighted by atomic mass is 15.0. The molecule has 3 heteroatoms. The Morgan fingerprint density at radius 1 is 0.947 bits per heavy atom. The number of pyridine rings is 2. The number of aryl methyl sites for hydroxylation is 1. The summed E-state index contributed by atoms with van der Waals surface area (Å²) in [7, 11) is 1.90. The van der Waals surface area contributed by atoms with E-state index in [0.717, 1.165) is 22.5 Å². The van der Waals surface area contributed by atoms with E-state index in [-0.39, 0.29) is 0 Å². The smallest absolute Gasteiger partial charge is 0.133 e. The van der Waals surface area contributed by atoms with Crippen molar-refractivity contribution in [1.29, 1.82) is 0 Å². The molecule has 2 aromatic heterocycles. The molecule has 0 spiro atoms. The fourth-order valence-electron chi connectivity index (χ4n) is 2.46. The SMILES string of the molecule is CNc1nc(C)c(-c2ccncc2)c2ccccc12. The molecule has 94 valence electrons. The first-order chi connectivity index (χ1) is 9.31. The van der Waals surface area contributed by atoms with Crippen LogP contribution in [0, 0.1) is 6.92 Å². The third kappa shape index (κ3) is 1.93. The Hall–Kier alpha value is -2.42. The van der Waals surface area contributed by atoms with E-state index >= 15 is 0 Å². The number of anilines is 1. The summed E-state index contributed by atoms with van der Waals surface area (Å²) in [6.07, 6.45) is 3.63. The summed E-state index contributed by atoms with van der Waals surface area (Å²) in [6, 6.07) is 12.4. The van der Waals surface area contributed by atoms with Crippen molar-refractivity contribution in [3.8, 4) is 11.1 Å². The maximum Gasteiger partial charge on any atom is 0.133 e. The number of benzene rings is 1. The Bertz CT molecular complexity index is 721. The Morgan fingerprint density at radius 2 is 1.63 bits per heavy atom. The number of hydrogen-bond donors (Lipinski definition) is 1. The van der Waals surface area contributed by atoms with Crippen LogP contribution < -0.4 is 5.32 Å². The molecule has 0 aliphatic heterocycles. The second-order valence-electron chi connectivity index (χ2n) is 4.45. The summed E-state index contributed by atoms with van der Waals surface area (Å²) in [4.78, 5) is 8.75. The first-order valence-corrected chi connectivity index (χ1v) is 6.28. The zero-order chi connectivity index (χ0) is 13.2. The third-order valence-corrected chi connectivity index (χ3v) is 3.30. The van der Waals surface area contributed by atoms with Crippen molar-refractivity contribution in [3.05, 3.63) is 54.5 Å². The predicted molar refractivity (Wildman–Crippen MR) is 79.3 cm³/mol. The molecule has 0 aliphatic carbocycles. The Labute approximate surface area is 112 Å². The quantitative estimate of drug-likeness (QED) is 0.753. The van der Waals surface area contributed by atoms with E-state index in [1.165, 1.54) is 10.9 Å². The van der Waals surface area contributed by atoms with Gasteiger partial charge < -0.3 is 5.32 Å². The second kappa shape index (κ2) is 4.69. The topological polar surface area (TPSA) is 37.8 Å². The van der Waals surface area contributed by atoms with Crippen LogP contribution in [0.25, 0.3) is 21.9 Å². The summed E-state index contributed by atoms with van der Waals surface area (Å²) < 4.78 is 0. The van der Waals surface area contributed by atoms with Crippen LogP contribution in [0.4, 0.5) is 5.82 Å². The number of fused-ring (bicyclic) bond motifs is 1. The minimum atomic E-state index is 0.922. The van der Waals surface area contributed by atoms with Crippen LogP contribution in [-0.4, -0.2) is 17.0 Å². The van der Waals surface area contributed by atoms with Gasteiger partial charge in [-0.2, -0.15) is 0 Å². The van der Waals surface area contributed by atoms with Gasteiger partial charge in [0.25, 0.3) is 0 Å². The molecule has 0 fully saturated rings. The van der Waals surface area contributed by atoms with Crippen molar-refractivity contribution in [3.63, 3.8) is 0 Å². The van der Waals surface area contributed by atoms with Crippen LogP contribution >= 0.6 is 0 Å². The molecule has 0 atom stereocenters. The van der Waals surface area contributed by atoms with Gasteiger partial charge in [0.15, 0.2) is 0 Å². The summed E-state index contributed by atoms with van der Waals surface area (Å²) in [5.74, 6) is 0.922. The van der Waals surface area contributed by atoms with Crippen molar-refractivity contribution in [2.75, 3.05) is 12.4 Å². The second-order valence-corrected chi connectivity index (χ2v) is 4.45.